The van der Waals surface area contributed by atoms with Crippen molar-refractivity contribution in [2.75, 3.05) is 13.2 Å². The van der Waals surface area contributed by atoms with Crippen LogP contribution in [0.2, 0.25) is 0 Å². The highest BCUT2D eigenvalue weighted by molar-refractivity contribution is 8.82. The first-order chi connectivity index (χ1) is 11.9. The van der Waals surface area contributed by atoms with Crippen LogP contribution in [0.25, 0.3) is 0 Å². The van der Waals surface area contributed by atoms with Gasteiger partial charge in [-0.3, -0.25) is 9.79 Å². The molecule has 2 aliphatic rings. The third-order valence-electron chi connectivity index (χ3n) is 3.74. The Morgan fingerprint density at radius 2 is 2.12 bits per heavy atom. The average Bonchev–Trinajstić information content (AvgIpc) is 2.58. The third-order valence-corrected chi connectivity index (χ3v) is 6.55. The summed E-state index contributed by atoms with van der Waals surface area (Å²) in [6.07, 6.45) is 0. The van der Waals surface area contributed by atoms with Gasteiger partial charge in [0.15, 0.2) is 5.54 Å². The van der Waals surface area contributed by atoms with Gasteiger partial charge >= 0.3 is 5.97 Å². The van der Waals surface area contributed by atoms with Crippen molar-refractivity contribution < 1.29 is 19.1 Å². The van der Waals surface area contributed by atoms with E-state index in [1.807, 2.05) is 30.3 Å². The van der Waals surface area contributed by atoms with Crippen LogP contribution in [0, 0.1) is 0 Å². The average molecular weight is 378 g/mol. The van der Waals surface area contributed by atoms with Crippen LogP contribution in [0.15, 0.2) is 47.7 Å². The van der Waals surface area contributed by atoms with Gasteiger partial charge in [-0.15, -0.1) is 0 Å². The Morgan fingerprint density at radius 1 is 1.40 bits per heavy atom. The maximum atomic E-state index is 12.5. The van der Waals surface area contributed by atoms with Gasteiger partial charge in [0.1, 0.15) is 29.3 Å². The monoisotopic (exact) mass is 378 g/mol. The normalized spacial score (nSPS) is 24.7. The Hall–Kier alpha value is -1.93. The summed E-state index contributed by atoms with van der Waals surface area (Å²) in [7, 11) is 2.98. The minimum atomic E-state index is -0.852. The Bertz CT molecular complexity index is 737. The SMILES string of the molecule is C=C(C)OC(=O)CN1C(=O)C2(C)N=C(COc3ccccc3)SSC12. The Kier molecular flexibility index (Phi) is 5.10. The first kappa shape index (κ1) is 17.9. The van der Waals surface area contributed by atoms with Crippen molar-refractivity contribution in [1.82, 2.24) is 4.90 Å². The molecule has 0 aliphatic carbocycles. The molecule has 0 aromatic heterocycles. The fourth-order valence-corrected chi connectivity index (χ4v) is 5.49. The Labute approximate surface area is 154 Å². The number of likely N-dealkylation sites (tertiary alicyclic amines) is 1. The van der Waals surface area contributed by atoms with Crippen LogP contribution in [0.5, 0.6) is 5.75 Å². The molecule has 132 valence electrons. The summed E-state index contributed by atoms with van der Waals surface area (Å²) < 4.78 is 10.6. The number of rotatable bonds is 6. The van der Waals surface area contributed by atoms with E-state index in [1.165, 1.54) is 26.5 Å². The Morgan fingerprint density at radius 3 is 2.80 bits per heavy atom. The molecular weight excluding hydrogens is 360 g/mol. The number of ether oxygens (including phenoxy) is 2. The summed E-state index contributed by atoms with van der Waals surface area (Å²) >= 11 is 0. The van der Waals surface area contributed by atoms with Crippen molar-refractivity contribution in [3.8, 4) is 5.75 Å². The second-order valence-corrected chi connectivity index (χ2v) is 8.25. The molecule has 1 aromatic rings. The van der Waals surface area contributed by atoms with Gasteiger partial charge in [0, 0.05) is 0 Å². The van der Waals surface area contributed by atoms with Crippen LogP contribution in [0.1, 0.15) is 13.8 Å². The molecule has 1 aromatic carbocycles. The third kappa shape index (κ3) is 3.69. The molecule has 2 aliphatic heterocycles. The molecule has 2 atom stereocenters. The van der Waals surface area contributed by atoms with E-state index in [2.05, 4.69) is 11.6 Å². The highest BCUT2D eigenvalue weighted by Gasteiger charge is 2.60. The largest absolute Gasteiger partial charge is 0.487 e. The zero-order chi connectivity index (χ0) is 18.0. The minimum Gasteiger partial charge on any atom is -0.487 e. The molecule has 0 radical (unpaired) electrons. The van der Waals surface area contributed by atoms with E-state index in [0.717, 1.165) is 10.8 Å². The number of carbonyl (C=O) groups excluding carboxylic acids is 2. The van der Waals surface area contributed by atoms with Gasteiger partial charge in [0.2, 0.25) is 0 Å². The van der Waals surface area contributed by atoms with E-state index in [9.17, 15) is 9.59 Å². The van der Waals surface area contributed by atoms with Gasteiger partial charge < -0.3 is 14.4 Å². The number of benzene rings is 1. The van der Waals surface area contributed by atoms with Crippen molar-refractivity contribution in [1.29, 1.82) is 0 Å². The number of carbonyl (C=O) groups is 2. The molecule has 0 spiro atoms. The second kappa shape index (κ2) is 7.13. The van der Waals surface area contributed by atoms with E-state index < -0.39 is 11.5 Å². The van der Waals surface area contributed by atoms with E-state index in [1.54, 1.807) is 13.8 Å². The zero-order valence-corrected chi connectivity index (χ0v) is 15.6. The molecule has 0 bridgehead atoms. The predicted molar refractivity (Wildman–Crippen MR) is 99.4 cm³/mol. The van der Waals surface area contributed by atoms with Crippen molar-refractivity contribution in [3.63, 3.8) is 0 Å². The van der Waals surface area contributed by atoms with Gasteiger partial charge in [-0.05, 0) is 36.8 Å². The van der Waals surface area contributed by atoms with Crippen LogP contribution >= 0.6 is 21.6 Å². The maximum Gasteiger partial charge on any atom is 0.330 e. The summed E-state index contributed by atoms with van der Waals surface area (Å²) in [6, 6.07) is 9.45. The summed E-state index contributed by atoms with van der Waals surface area (Å²) in [4.78, 5) is 30.3. The number of amides is 1. The van der Waals surface area contributed by atoms with E-state index in [-0.39, 0.29) is 17.8 Å². The van der Waals surface area contributed by atoms with E-state index in [0.29, 0.717) is 12.4 Å². The quantitative estimate of drug-likeness (QED) is 0.328. The summed E-state index contributed by atoms with van der Waals surface area (Å²) in [5, 5.41) is 0.563. The molecule has 6 nitrogen and oxygen atoms in total. The number of β-lactam (4-membered cyclic amide) rings is 1. The standard InChI is InChI=1S/C17H18N2O4S2/c1-11(2)23-14(20)9-19-15(21)17(3)16(19)25-24-13(18-17)10-22-12-7-5-4-6-8-12/h4-8,16H,1,9-10H2,2-3H3. The van der Waals surface area contributed by atoms with Crippen LogP contribution in [-0.4, -0.2) is 45.9 Å². The molecule has 2 heterocycles. The molecule has 0 N–H and O–H groups in total. The lowest BCUT2D eigenvalue weighted by atomic mass is 9.91. The molecule has 25 heavy (non-hydrogen) atoms. The summed E-state index contributed by atoms with van der Waals surface area (Å²) in [6.45, 7) is 7.13. The lowest BCUT2D eigenvalue weighted by Crippen LogP contribution is -2.71. The van der Waals surface area contributed by atoms with Crippen molar-refractivity contribution in [3.05, 3.63) is 42.7 Å². The molecule has 3 rings (SSSR count). The first-order valence-electron chi connectivity index (χ1n) is 7.67. The molecular formula is C17H18N2O4S2. The number of hydrogen-bond acceptors (Lipinski definition) is 7. The van der Waals surface area contributed by atoms with Gasteiger partial charge in [0.25, 0.3) is 5.91 Å². The van der Waals surface area contributed by atoms with Crippen molar-refractivity contribution >= 4 is 38.5 Å². The van der Waals surface area contributed by atoms with E-state index >= 15 is 0 Å². The highest BCUT2D eigenvalue weighted by Crippen LogP contribution is 2.50. The molecule has 2 unspecified atom stereocenters. The molecule has 8 heteroatoms. The van der Waals surface area contributed by atoms with Crippen LogP contribution in [0.4, 0.5) is 0 Å². The molecule has 1 fully saturated rings. The van der Waals surface area contributed by atoms with Gasteiger partial charge in [-0.25, -0.2) is 4.79 Å². The molecule has 1 saturated heterocycles. The zero-order valence-electron chi connectivity index (χ0n) is 13.9. The fraction of sp³-hybridized carbons (Fsp3) is 0.353. The van der Waals surface area contributed by atoms with Gasteiger partial charge in [0.05, 0.1) is 5.76 Å². The lowest BCUT2D eigenvalue weighted by Gasteiger charge is -2.52. The summed E-state index contributed by atoms with van der Waals surface area (Å²) in [5.41, 5.74) is -0.852. The molecule has 0 saturated carbocycles. The van der Waals surface area contributed by atoms with Crippen LogP contribution in [0.3, 0.4) is 0 Å². The maximum absolute atomic E-state index is 12.5. The van der Waals surface area contributed by atoms with Crippen molar-refractivity contribution in [2.24, 2.45) is 4.99 Å². The number of esters is 1. The van der Waals surface area contributed by atoms with E-state index in [4.69, 9.17) is 9.47 Å². The lowest BCUT2D eigenvalue weighted by molar-refractivity contribution is -0.159. The number of nitrogens with zero attached hydrogens (tertiary/aromatic N) is 2. The first-order valence-corrected chi connectivity index (χ1v) is 9.88. The minimum absolute atomic E-state index is 0.0924. The van der Waals surface area contributed by atoms with Crippen LogP contribution < -0.4 is 4.74 Å². The number of hydrogen-bond donors (Lipinski definition) is 0. The van der Waals surface area contributed by atoms with Gasteiger partial charge in [-0.1, -0.05) is 35.6 Å². The fourth-order valence-electron chi connectivity index (χ4n) is 2.61. The Balaban J connectivity index is 1.61. The number of allylic oxidation sites excluding steroid dienone is 1. The predicted octanol–water partition coefficient (Wildman–Crippen LogP) is 2.86. The number of aliphatic imine (C=N–C) groups is 1. The second-order valence-electron chi connectivity index (χ2n) is 5.90. The summed E-state index contributed by atoms with van der Waals surface area (Å²) in [5.74, 6) is 0.397. The smallest absolute Gasteiger partial charge is 0.330 e. The van der Waals surface area contributed by atoms with Crippen LogP contribution in [-0.2, 0) is 14.3 Å². The van der Waals surface area contributed by atoms with Crippen molar-refractivity contribution in [2.45, 2.75) is 24.8 Å². The topological polar surface area (TPSA) is 68.2 Å². The molecule has 1 amide bonds. The highest BCUT2D eigenvalue weighted by atomic mass is 33.1. The number of para-hydroxylation sites is 1. The number of fused-ring (bicyclic) bond motifs is 1. The van der Waals surface area contributed by atoms with Gasteiger partial charge in [-0.2, -0.15) is 0 Å².